The minimum Gasteiger partial charge on any atom is -0.350 e. The molecule has 0 aliphatic carbocycles. The minimum absolute atomic E-state index is 0.0587. The lowest BCUT2D eigenvalue weighted by Crippen LogP contribution is -2.49. The number of hydrogen-bond donors (Lipinski definition) is 2. The van der Waals surface area contributed by atoms with Crippen molar-refractivity contribution in [3.63, 3.8) is 0 Å². The fourth-order valence-electron chi connectivity index (χ4n) is 1.67. The molecule has 0 saturated heterocycles. The number of nitro benzene ring substituents is 1. The van der Waals surface area contributed by atoms with Crippen LogP contribution in [0.2, 0.25) is 0 Å². The van der Waals surface area contributed by atoms with Gasteiger partial charge in [-0.1, -0.05) is 18.2 Å². The van der Waals surface area contributed by atoms with Crippen molar-refractivity contribution in [2.45, 2.75) is 45.8 Å². The van der Waals surface area contributed by atoms with Crippen molar-refractivity contribution in [2.24, 2.45) is 0 Å². The van der Waals surface area contributed by atoms with Crippen molar-refractivity contribution in [1.82, 2.24) is 10.6 Å². The number of nitrogens with one attached hydrogen (secondary N) is 2. The van der Waals surface area contributed by atoms with Crippen LogP contribution < -0.4 is 10.6 Å². The third-order valence-corrected chi connectivity index (χ3v) is 2.68. The second kappa shape index (κ2) is 6.47. The molecule has 0 aliphatic heterocycles. The van der Waals surface area contributed by atoms with Crippen LogP contribution in [-0.2, 0) is 11.3 Å². The molecule has 0 aromatic heterocycles. The van der Waals surface area contributed by atoms with E-state index < -0.39 is 11.0 Å². The lowest BCUT2D eigenvalue weighted by Gasteiger charge is -2.23. The van der Waals surface area contributed by atoms with Gasteiger partial charge in [-0.15, -0.1) is 0 Å². The number of carbonyl (C=O) groups is 1. The van der Waals surface area contributed by atoms with E-state index in [4.69, 9.17) is 0 Å². The Hall–Kier alpha value is -1.95. The Morgan fingerprint density at radius 1 is 1.35 bits per heavy atom. The molecule has 110 valence electrons. The zero-order valence-corrected chi connectivity index (χ0v) is 12.3. The van der Waals surface area contributed by atoms with Crippen LogP contribution in [0.4, 0.5) is 5.69 Å². The monoisotopic (exact) mass is 279 g/mol. The fraction of sp³-hybridized carbons (Fsp3) is 0.500. The van der Waals surface area contributed by atoms with Gasteiger partial charge < -0.3 is 10.6 Å². The number of rotatable bonds is 5. The standard InChI is InChI=1S/C14H21N3O3/c1-10(13(18)16-14(2,3)4)15-9-11-7-5-6-8-12(11)17(19)20/h5-8,10,15H,9H2,1-4H3,(H,16,18). The maximum Gasteiger partial charge on any atom is 0.273 e. The summed E-state index contributed by atoms with van der Waals surface area (Å²) < 4.78 is 0. The molecule has 0 aliphatic rings. The van der Waals surface area contributed by atoms with Gasteiger partial charge in [0.2, 0.25) is 5.91 Å². The first kappa shape index (κ1) is 16.1. The quantitative estimate of drug-likeness (QED) is 0.637. The number of benzene rings is 1. The number of carbonyl (C=O) groups excluding carboxylic acids is 1. The molecule has 1 aromatic rings. The van der Waals surface area contributed by atoms with Gasteiger partial charge in [0.05, 0.1) is 11.0 Å². The van der Waals surface area contributed by atoms with Gasteiger partial charge in [0.25, 0.3) is 5.69 Å². The molecular formula is C14H21N3O3. The summed E-state index contributed by atoms with van der Waals surface area (Å²) >= 11 is 0. The third-order valence-electron chi connectivity index (χ3n) is 2.68. The van der Waals surface area contributed by atoms with E-state index in [1.807, 2.05) is 20.8 Å². The second-order valence-corrected chi connectivity index (χ2v) is 5.73. The van der Waals surface area contributed by atoms with Gasteiger partial charge in [0.15, 0.2) is 0 Å². The maximum atomic E-state index is 11.9. The predicted molar refractivity (Wildman–Crippen MR) is 77.3 cm³/mol. The molecule has 1 atom stereocenters. The highest BCUT2D eigenvalue weighted by atomic mass is 16.6. The molecular weight excluding hydrogens is 258 g/mol. The largest absolute Gasteiger partial charge is 0.350 e. The number of nitrogens with zero attached hydrogens (tertiary/aromatic N) is 1. The summed E-state index contributed by atoms with van der Waals surface area (Å²) in [6.45, 7) is 7.71. The van der Waals surface area contributed by atoms with Gasteiger partial charge in [-0.3, -0.25) is 14.9 Å². The van der Waals surface area contributed by atoms with Crippen molar-refractivity contribution in [3.8, 4) is 0 Å². The van der Waals surface area contributed by atoms with E-state index >= 15 is 0 Å². The first-order chi connectivity index (χ1) is 9.20. The van der Waals surface area contributed by atoms with Crippen LogP contribution in [0.25, 0.3) is 0 Å². The Kier molecular flexibility index (Phi) is 5.21. The van der Waals surface area contributed by atoms with E-state index in [9.17, 15) is 14.9 Å². The van der Waals surface area contributed by atoms with E-state index in [-0.39, 0.29) is 23.7 Å². The van der Waals surface area contributed by atoms with Crippen molar-refractivity contribution in [2.75, 3.05) is 0 Å². The smallest absolute Gasteiger partial charge is 0.273 e. The van der Waals surface area contributed by atoms with Crippen LogP contribution in [0.15, 0.2) is 24.3 Å². The Bertz CT molecular complexity index is 495. The van der Waals surface area contributed by atoms with E-state index in [0.29, 0.717) is 5.56 Å². The van der Waals surface area contributed by atoms with Gasteiger partial charge in [-0.25, -0.2) is 0 Å². The van der Waals surface area contributed by atoms with Gasteiger partial charge in [-0.05, 0) is 27.7 Å². The fourth-order valence-corrected chi connectivity index (χ4v) is 1.67. The zero-order valence-electron chi connectivity index (χ0n) is 12.3. The second-order valence-electron chi connectivity index (χ2n) is 5.73. The SMILES string of the molecule is CC(NCc1ccccc1[N+](=O)[O-])C(=O)NC(C)(C)C. The molecule has 1 rings (SSSR count). The summed E-state index contributed by atoms with van der Waals surface area (Å²) in [7, 11) is 0. The first-order valence-corrected chi connectivity index (χ1v) is 6.48. The average molecular weight is 279 g/mol. The highest BCUT2D eigenvalue weighted by Gasteiger charge is 2.20. The molecule has 0 bridgehead atoms. The third kappa shape index (κ3) is 4.97. The molecule has 0 spiro atoms. The average Bonchev–Trinajstić information content (AvgIpc) is 2.34. The van der Waals surface area contributed by atoms with E-state index in [2.05, 4.69) is 10.6 Å². The van der Waals surface area contributed by atoms with Gasteiger partial charge in [0, 0.05) is 23.7 Å². The molecule has 1 unspecified atom stereocenters. The van der Waals surface area contributed by atoms with Crippen LogP contribution >= 0.6 is 0 Å². The van der Waals surface area contributed by atoms with Gasteiger partial charge in [0.1, 0.15) is 0 Å². The molecule has 0 radical (unpaired) electrons. The van der Waals surface area contributed by atoms with Crippen molar-refractivity contribution in [1.29, 1.82) is 0 Å². The van der Waals surface area contributed by atoms with E-state index in [1.54, 1.807) is 25.1 Å². The number of nitro groups is 1. The molecule has 0 heterocycles. The van der Waals surface area contributed by atoms with E-state index in [0.717, 1.165) is 0 Å². The predicted octanol–water partition coefficient (Wildman–Crippen LogP) is 1.99. The van der Waals surface area contributed by atoms with Crippen molar-refractivity contribution >= 4 is 11.6 Å². The van der Waals surface area contributed by atoms with Crippen molar-refractivity contribution < 1.29 is 9.72 Å². The Morgan fingerprint density at radius 2 is 1.95 bits per heavy atom. The van der Waals surface area contributed by atoms with E-state index in [1.165, 1.54) is 6.07 Å². The summed E-state index contributed by atoms with van der Waals surface area (Å²) in [5.41, 5.74) is 0.322. The Labute approximate surface area is 118 Å². The summed E-state index contributed by atoms with van der Waals surface area (Å²) in [4.78, 5) is 22.4. The van der Waals surface area contributed by atoms with Crippen LogP contribution in [0.1, 0.15) is 33.3 Å². The highest BCUT2D eigenvalue weighted by Crippen LogP contribution is 2.17. The summed E-state index contributed by atoms with van der Waals surface area (Å²) in [5.74, 6) is -0.129. The summed E-state index contributed by atoms with van der Waals surface area (Å²) in [5, 5.41) is 16.7. The molecule has 2 N–H and O–H groups in total. The van der Waals surface area contributed by atoms with Crippen LogP contribution in [0.3, 0.4) is 0 Å². The summed E-state index contributed by atoms with van der Waals surface area (Å²) in [6.07, 6.45) is 0. The molecule has 0 fully saturated rings. The van der Waals surface area contributed by atoms with Gasteiger partial charge >= 0.3 is 0 Å². The Morgan fingerprint density at radius 3 is 2.50 bits per heavy atom. The van der Waals surface area contributed by atoms with Crippen LogP contribution in [0.5, 0.6) is 0 Å². The maximum absolute atomic E-state index is 11.9. The summed E-state index contributed by atoms with van der Waals surface area (Å²) in [6, 6.07) is 6.08. The van der Waals surface area contributed by atoms with Crippen LogP contribution in [0, 0.1) is 10.1 Å². The molecule has 1 aromatic carbocycles. The zero-order chi connectivity index (χ0) is 15.3. The topological polar surface area (TPSA) is 84.3 Å². The minimum atomic E-state index is -0.422. The first-order valence-electron chi connectivity index (χ1n) is 6.48. The molecule has 0 saturated carbocycles. The Balaban J connectivity index is 2.64. The number of hydrogen-bond acceptors (Lipinski definition) is 4. The number of amides is 1. The highest BCUT2D eigenvalue weighted by molar-refractivity contribution is 5.81. The number of para-hydroxylation sites is 1. The molecule has 20 heavy (non-hydrogen) atoms. The lowest BCUT2D eigenvalue weighted by molar-refractivity contribution is -0.385. The lowest BCUT2D eigenvalue weighted by atomic mass is 10.1. The molecule has 1 amide bonds. The molecule has 6 heteroatoms. The molecule has 6 nitrogen and oxygen atoms in total. The van der Waals surface area contributed by atoms with Crippen LogP contribution in [-0.4, -0.2) is 22.4 Å². The van der Waals surface area contributed by atoms with Crippen molar-refractivity contribution in [3.05, 3.63) is 39.9 Å². The normalized spacial score (nSPS) is 12.8. The van der Waals surface area contributed by atoms with Gasteiger partial charge in [-0.2, -0.15) is 0 Å².